The molecule has 84 heavy (non-hydrogen) atoms. The van der Waals surface area contributed by atoms with Crippen molar-refractivity contribution in [3.63, 3.8) is 0 Å². The molecule has 0 radical (unpaired) electrons. The Morgan fingerprint density at radius 2 is 0.607 bits per heavy atom. The van der Waals surface area contributed by atoms with E-state index in [2.05, 4.69) is 48.5 Å². The van der Waals surface area contributed by atoms with E-state index in [1.54, 1.807) is 0 Å². The summed E-state index contributed by atoms with van der Waals surface area (Å²) in [6, 6.07) is 0. The first-order valence-corrected chi connectivity index (χ1v) is 36.9. The second-order valence-electron chi connectivity index (χ2n) is 24.5. The molecule has 0 aromatic carbocycles. The van der Waals surface area contributed by atoms with Gasteiger partial charge >= 0.3 is 39.5 Å². The molecule has 0 aromatic rings. The molecule has 3 N–H and O–H groups in total. The summed E-state index contributed by atoms with van der Waals surface area (Å²) in [5.74, 6) is 0.146. The molecule has 0 bridgehead atoms. The highest BCUT2D eigenvalue weighted by Crippen LogP contribution is 2.45. The Morgan fingerprint density at radius 1 is 0.345 bits per heavy atom. The van der Waals surface area contributed by atoms with E-state index in [4.69, 9.17) is 37.0 Å². The number of hydrogen-bond acceptors (Lipinski definition) is 15. The highest BCUT2D eigenvalue weighted by Gasteiger charge is 2.30. The number of aliphatic hydroxyl groups excluding tert-OH is 1. The molecule has 0 heterocycles. The van der Waals surface area contributed by atoms with Gasteiger partial charge in [0.2, 0.25) is 0 Å². The van der Waals surface area contributed by atoms with E-state index in [9.17, 15) is 43.2 Å². The van der Waals surface area contributed by atoms with Crippen LogP contribution in [0.25, 0.3) is 0 Å². The van der Waals surface area contributed by atoms with Gasteiger partial charge in [-0.15, -0.1) is 0 Å². The summed E-state index contributed by atoms with van der Waals surface area (Å²) in [6.45, 7) is 11.7. The van der Waals surface area contributed by atoms with Crippen LogP contribution in [0.5, 0.6) is 0 Å². The van der Waals surface area contributed by atoms with Crippen LogP contribution in [-0.4, -0.2) is 96.7 Å². The van der Waals surface area contributed by atoms with Crippen LogP contribution >= 0.6 is 15.6 Å². The third kappa shape index (κ3) is 56.6. The molecule has 0 spiro atoms. The molecule has 7 atom stereocenters. The summed E-state index contributed by atoms with van der Waals surface area (Å²) in [5.41, 5.74) is 0. The summed E-state index contributed by atoms with van der Waals surface area (Å²) in [6.07, 6.45) is 37.9. The molecular formula is C65H126O17P2. The molecule has 0 saturated carbocycles. The van der Waals surface area contributed by atoms with Gasteiger partial charge in [0.1, 0.15) is 19.3 Å². The van der Waals surface area contributed by atoms with E-state index < -0.39 is 97.5 Å². The van der Waals surface area contributed by atoms with Crippen molar-refractivity contribution in [2.75, 3.05) is 39.6 Å². The first kappa shape index (κ1) is 82.1. The summed E-state index contributed by atoms with van der Waals surface area (Å²) in [7, 11) is -9.88. The van der Waals surface area contributed by atoms with Gasteiger partial charge in [-0.1, -0.05) is 267 Å². The van der Waals surface area contributed by atoms with Crippen LogP contribution in [0.1, 0.15) is 318 Å². The molecule has 0 amide bonds. The van der Waals surface area contributed by atoms with E-state index in [0.717, 1.165) is 114 Å². The molecule has 19 heteroatoms. The topological polar surface area (TPSA) is 237 Å². The fraction of sp³-hybridized carbons (Fsp3) is 0.938. The predicted octanol–water partition coefficient (Wildman–Crippen LogP) is 17.9. The number of phosphoric ester groups is 2. The van der Waals surface area contributed by atoms with Crippen LogP contribution in [0.4, 0.5) is 0 Å². The number of carbonyl (C=O) groups is 4. The van der Waals surface area contributed by atoms with Crippen molar-refractivity contribution in [2.45, 2.75) is 336 Å². The largest absolute Gasteiger partial charge is 0.472 e. The van der Waals surface area contributed by atoms with Gasteiger partial charge in [0.25, 0.3) is 0 Å². The Hall–Kier alpha value is -1.94. The SMILES string of the molecule is CCCCCCCC(=O)OC[C@H](COP(=O)(O)OC[C@H](O)COP(=O)(O)OC[C@@H](COC(=O)CCCCCCCCCCC(C)CC)OC(=O)CCCCCCCCCCCCCCCCC(C)C)OC(=O)CCCCCCCCC(C)CC. The van der Waals surface area contributed by atoms with Crippen LogP contribution in [0.2, 0.25) is 0 Å². The Morgan fingerprint density at radius 3 is 0.905 bits per heavy atom. The third-order valence-electron chi connectivity index (χ3n) is 15.6. The van der Waals surface area contributed by atoms with Crippen molar-refractivity contribution in [2.24, 2.45) is 17.8 Å². The lowest BCUT2D eigenvalue weighted by Gasteiger charge is -2.21. The van der Waals surface area contributed by atoms with Crippen LogP contribution in [0.15, 0.2) is 0 Å². The van der Waals surface area contributed by atoms with Gasteiger partial charge in [0, 0.05) is 25.7 Å². The molecule has 0 aliphatic heterocycles. The maximum Gasteiger partial charge on any atom is 0.472 e. The molecule has 498 valence electrons. The van der Waals surface area contributed by atoms with Crippen molar-refractivity contribution in [1.82, 2.24) is 0 Å². The van der Waals surface area contributed by atoms with E-state index in [1.165, 1.54) is 122 Å². The summed E-state index contributed by atoms with van der Waals surface area (Å²) >= 11 is 0. The highest BCUT2D eigenvalue weighted by atomic mass is 31.2. The standard InChI is InChI=1S/C65H126O17P2/c1-8-11-12-29-39-46-62(67)75-52-60(82-65(70)49-42-35-28-27-32-38-45-58(7)10-3)54-79-83(71,72)77-50-59(66)51-78-84(73,74)80-55-61(53-76-63(68)47-40-33-25-22-21-24-31-37-44-57(6)9-2)81-64(69)48-41-34-26-20-18-16-14-13-15-17-19-23-30-36-43-56(4)5/h56-61,66H,8-55H2,1-7H3,(H,71,72)(H,73,74)/t57?,58?,59-,60+,61+/m0/s1. The number of hydrogen-bond donors (Lipinski definition) is 3. The van der Waals surface area contributed by atoms with E-state index in [0.29, 0.717) is 25.7 Å². The van der Waals surface area contributed by atoms with Gasteiger partial charge in [-0.05, 0) is 43.4 Å². The first-order chi connectivity index (χ1) is 40.3. The van der Waals surface area contributed by atoms with Gasteiger partial charge in [0.15, 0.2) is 12.2 Å². The summed E-state index contributed by atoms with van der Waals surface area (Å²) in [5, 5.41) is 10.5. The van der Waals surface area contributed by atoms with Crippen LogP contribution in [-0.2, 0) is 65.4 Å². The van der Waals surface area contributed by atoms with E-state index in [1.807, 2.05) is 0 Å². The van der Waals surface area contributed by atoms with Crippen molar-refractivity contribution in [1.29, 1.82) is 0 Å². The zero-order chi connectivity index (χ0) is 62.4. The smallest absolute Gasteiger partial charge is 0.462 e. The number of aliphatic hydroxyl groups is 1. The molecule has 0 rings (SSSR count). The highest BCUT2D eigenvalue weighted by molar-refractivity contribution is 7.47. The van der Waals surface area contributed by atoms with Crippen molar-refractivity contribution < 1.29 is 80.2 Å². The Balaban J connectivity index is 5.18. The van der Waals surface area contributed by atoms with Gasteiger partial charge in [0.05, 0.1) is 26.4 Å². The van der Waals surface area contributed by atoms with Gasteiger partial charge in [-0.2, -0.15) is 0 Å². The lowest BCUT2D eigenvalue weighted by atomic mass is 9.99. The number of unbranched alkanes of at least 4 members (excludes halogenated alkanes) is 29. The number of rotatable bonds is 63. The molecular weight excluding hydrogens is 1110 g/mol. The molecule has 0 fully saturated rings. The summed E-state index contributed by atoms with van der Waals surface area (Å²) < 4.78 is 67.8. The quantitative estimate of drug-likeness (QED) is 0.0222. The van der Waals surface area contributed by atoms with Gasteiger partial charge in [-0.3, -0.25) is 37.3 Å². The van der Waals surface area contributed by atoms with Crippen molar-refractivity contribution >= 4 is 39.5 Å². The zero-order valence-electron chi connectivity index (χ0n) is 54.4. The molecule has 17 nitrogen and oxygen atoms in total. The lowest BCUT2D eigenvalue weighted by Crippen LogP contribution is -2.30. The predicted molar refractivity (Wildman–Crippen MR) is 335 cm³/mol. The fourth-order valence-corrected chi connectivity index (χ4v) is 11.2. The first-order valence-electron chi connectivity index (χ1n) is 33.9. The third-order valence-corrected chi connectivity index (χ3v) is 17.5. The Kier molecular flexibility index (Phi) is 55.0. The van der Waals surface area contributed by atoms with Gasteiger partial charge < -0.3 is 33.8 Å². The van der Waals surface area contributed by atoms with Crippen LogP contribution in [0.3, 0.4) is 0 Å². The second-order valence-corrected chi connectivity index (χ2v) is 27.4. The number of phosphoric acid groups is 2. The average Bonchev–Trinajstić information content (AvgIpc) is 3.48. The zero-order valence-corrected chi connectivity index (χ0v) is 56.1. The minimum absolute atomic E-state index is 0.102. The summed E-state index contributed by atoms with van der Waals surface area (Å²) in [4.78, 5) is 72.0. The molecule has 0 aromatic heterocycles. The fourth-order valence-electron chi connectivity index (χ4n) is 9.59. The Labute approximate surface area is 511 Å². The number of carbonyl (C=O) groups excluding carboxylic acids is 4. The minimum atomic E-state index is -4.95. The normalized spacial score (nSPS) is 15.0. The van der Waals surface area contributed by atoms with Crippen molar-refractivity contribution in [3.05, 3.63) is 0 Å². The molecule has 0 saturated heterocycles. The number of esters is 4. The average molecular weight is 1240 g/mol. The van der Waals surface area contributed by atoms with Gasteiger partial charge in [-0.25, -0.2) is 9.13 Å². The maximum atomic E-state index is 13.0. The van der Waals surface area contributed by atoms with E-state index >= 15 is 0 Å². The van der Waals surface area contributed by atoms with Crippen LogP contribution < -0.4 is 0 Å². The van der Waals surface area contributed by atoms with E-state index in [-0.39, 0.29) is 25.7 Å². The molecule has 4 unspecified atom stereocenters. The van der Waals surface area contributed by atoms with Crippen LogP contribution in [0, 0.1) is 17.8 Å². The monoisotopic (exact) mass is 1240 g/mol. The second kappa shape index (κ2) is 56.3. The maximum absolute atomic E-state index is 13.0. The minimum Gasteiger partial charge on any atom is -0.462 e. The lowest BCUT2D eigenvalue weighted by molar-refractivity contribution is -0.161. The Bertz CT molecular complexity index is 1670. The number of ether oxygens (including phenoxy) is 4. The molecule has 0 aliphatic rings. The van der Waals surface area contributed by atoms with Crippen molar-refractivity contribution in [3.8, 4) is 0 Å². The molecule has 0 aliphatic carbocycles.